The third kappa shape index (κ3) is 5.08. The maximum absolute atomic E-state index is 12.6. The molecule has 0 heterocycles. The van der Waals surface area contributed by atoms with Gasteiger partial charge in [-0.3, -0.25) is 9.59 Å². The quantitative estimate of drug-likeness (QED) is 0.696. The highest BCUT2D eigenvalue weighted by molar-refractivity contribution is 5.97. The van der Waals surface area contributed by atoms with Crippen LogP contribution in [-0.4, -0.2) is 39.0 Å². The largest absolute Gasteiger partial charge is 0.493 e. The summed E-state index contributed by atoms with van der Waals surface area (Å²) in [7, 11) is 5.16. The van der Waals surface area contributed by atoms with Crippen LogP contribution >= 0.6 is 0 Å². The summed E-state index contributed by atoms with van der Waals surface area (Å²) < 4.78 is 10.8. The first kappa shape index (κ1) is 20.5. The maximum Gasteiger partial charge on any atom is 0.282 e. The number of benzene rings is 2. The summed E-state index contributed by atoms with van der Waals surface area (Å²) >= 11 is 0. The van der Waals surface area contributed by atoms with Crippen molar-refractivity contribution in [3.63, 3.8) is 0 Å². The van der Waals surface area contributed by atoms with Crippen molar-refractivity contribution in [1.29, 1.82) is 0 Å². The molecule has 0 saturated heterocycles. The number of hydrogen-bond donors (Lipinski definition) is 2. The van der Waals surface area contributed by atoms with Gasteiger partial charge in [-0.05, 0) is 38.1 Å². The van der Waals surface area contributed by atoms with Gasteiger partial charge < -0.3 is 19.7 Å². The molecule has 2 aromatic rings. The van der Waals surface area contributed by atoms with E-state index < -0.39 is 0 Å². The molecule has 2 aromatic carbocycles. The Morgan fingerprint density at radius 3 is 2.44 bits per heavy atom. The van der Waals surface area contributed by atoms with Gasteiger partial charge in [0.2, 0.25) is 0 Å². The fourth-order valence-corrected chi connectivity index (χ4v) is 2.84. The first-order valence-electron chi connectivity index (χ1n) is 8.81. The first-order valence-corrected chi connectivity index (χ1v) is 8.81. The van der Waals surface area contributed by atoms with Crippen LogP contribution in [0.5, 0.6) is 11.5 Å². The number of hydrogen-bond acceptors (Lipinski definition) is 4. The molecule has 2 atom stereocenters. The van der Waals surface area contributed by atoms with Crippen LogP contribution in [0.25, 0.3) is 0 Å². The highest BCUT2D eigenvalue weighted by Crippen LogP contribution is 2.30. The molecular formula is C21H27N2O4+. The second-order valence-corrected chi connectivity index (χ2v) is 6.52. The lowest BCUT2D eigenvalue weighted by molar-refractivity contribution is -0.907. The Balaban J connectivity index is 2.09. The topological polar surface area (TPSA) is 69.1 Å². The van der Waals surface area contributed by atoms with Crippen molar-refractivity contribution in [2.45, 2.75) is 26.4 Å². The third-order valence-electron chi connectivity index (χ3n) is 4.62. The SMILES string of the molecule is COc1cccc(C[NH+](C)[C@@H](C)C(=O)Nc2cccc(C(C)=O)c2)c1OC. The zero-order chi connectivity index (χ0) is 20.0. The molecular weight excluding hydrogens is 344 g/mol. The monoisotopic (exact) mass is 371 g/mol. The fraction of sp³-hybridized carbons (Fsp3) is 0.333. The van der Waals surface area contributed by atoms with Crippen molar-refractivity contribution in [3.05, 3.63) is 53.6 Å². The lowest BCUT2D eigenvalue weighted by Gasteiger charge is -2.22. The summed E-state index contributed by atoms with van der Waals surface area (Å²) in [4.78, 5) is 25.1. The van der Waals surface area contributed by atoms with E-state index in [0.717, 1.165) is 10.5 Å². The third-order valence-corrected chi connectivity index (χ3v) is 4.62. The van der Waals surface area contributed by atoms with E-state index in [9.17, 15) is 9.59 Å². The predicted molar refractivity (Wildman–Crippen MR) is 105 cm³/mol. The lowest BCUT2D eigenvalue weighted by Crippen LogP contribution is -3.12. The van der Waals surface area contributed by atoms with Gasteiger partial charge in [0.25, 0.3) is 5.91 Å². The van der Waals surface area contributed by atoms with E-state index in [1.165, 1.54) is 6.92 Å². The van der Waals surface area contributed by atoms with E-state index in [4.69, 9.17) is 9.47 Å². The molecule has 0 aliphatic heterocycles. The van der Waals surface area contributed by atoms with Gasteiger partial charge in [-0.25, -0.2) is 0 Å². The van der Waals surface area contributed by atoms with Gasteiger partial charge in [-0.1, -0.05) is 18.2 Å². The summed E-state index contributed by atoms with van der Waals surface area (Å²) in [6.45, 7) is 3.97. The number of Topliss-reactive ketones (excluding diaryl/α,β-unsaturated/α-hetero) is 1. The van der Waals surface area contributed by atoms with Crippen molar-refractivity contribution in [2.24, 2.45) is 0 Å². The molecule has 0 aromatic heterocycles. The van der Waals surface area contributed by atoms with E-state index in [0.29, 0.717) is 29.3 Å². The number of methoxy groups -OCH3 is 2. The second kappa shape index (κ2) is 9.19. The number of likely N-dealkylation sites (N-methyl/N-ethyl adjacent to an activating group) is 1. The normalized spacial score (nSPS) is 12.8. The van der Waals surface area contributed by atoms with Gasteiger partial charge in [0.1, 0.15) is 6.54 Å². The zero-order valence-corrected chi connectivity index (χ0v) is 16.5. The van der Waals surface area contributed by atoms with Gasteiger partial charge >= 0.3 is 0 Å². The maximum atomic E-state index is 12.6. The summed E-state index contributed by atoms with van der Waals surface area (Å²) in [6, 6.07) is 12.4. The molecule has 6 nitrogen and oxygen atoms in total. The molecule has 0 saturated carbocycles. The smallest absolute Gasteiger partial charge is 0.282 e. The van der Waals surface area contributed by atoms with Crippen molar-refractivity contribution in [2.75, 3.05) is 26.6 Å². The lowest BCUT2D eigenvalue weighted by atomic mass is 10.1. The standard InChI is InChI=1S/C21H26N2O4/c1-14(21(25)22-18-10-6-8-16(12-18)15(2)24)23(3)13-17-9-7-11-19(26-4)20(17)27-5/h6-12,14H,13H2,1-5H3,(H,22,25)/p+1/t14-/m0/s1. The molecule has 0 radical (unpaired) electrons. The molecule has 2 rings (SSSR count). The average molecular weight is 371 g/mol. The Morgan fingerprint density at radius 2 is 1.81 bits per heavy atom. The highest BCUT2D eigenvalue weighted by atomic mass is 16.5. The number of carbonyl (C=O) groups is 2. The molecule has 27 heavy (non-hydrogen) atoms. The molecule has 0 spiro atoms. The van der Waals surface area contributed by atoms with E-state index in [1.807, 2.05) is 32.2 Å². The summed E-state index contributed by atoms with van der Waals surface area (Å²) in [5, 5.41) is 2.89. The molecule has 0 bridgehead atoms. The number of para-hydroxylation sites is 1. The number of amides is 1. The van der Waals surface area contributed by atoms with Crippen LogP contribution in [0, 0.1) is 0 Å². The van der Waals surface area contributed by atoms with Gasteiger partial charge in [-0.2, -0.15) is 0 Å². The molecule has 1 unspecified atom stereocenters. The zero-order valence-electron chi connectivity index (χ0n) is 16.5. The second-order valence-electron chi connectivity index (χ2n) is 6.52. The number of carbonyl (C=O) groups excluding carboxylic acids is 2. The summed E-state index contributed by atoms with van der Waals surface area (Å²) in [5.74, 6) is 1.20. The van der Waals surface area contributed by atoms with Crippen LogP contribution in [0.2, 0.25) is 0 Å². The number of anilines is 1. The van der Waals surface area contributed by atoms with Crippen LogP contribution in [0.1, 0.15) is 29.8 Å². The highest BCUT2D eigenvalue weighted by Gasteiger charge is 2.24. The Labute approximate surface area is 160 Å². The minimum Gasteiger partial charge on any atom is -0.493 e. The van der Waals surface area contributed by atoms with Crippen LogP contribution < -0.4 is 19.7 Å². The van der Waals surface area contributed by atoms with Crippen molar-refractivity contribution in [3.8, 4) is 11.5 Å². The van der Waals surface area contributed by atoms with E-state index in [-0.39, 0.29) is 17.7 Å². The Kier molecular flexibility index (Phi) is 6.96. The fourth-order valence-electron chi connectivity index (χ4n) is 2.84. The van der Waals surface area contributed by atoms with Gasteiger partial charge in [0.15, 0.2) is 23.3 Å². The molecule has 6 heteroatoms. The Bertz CT molecular complexity index is 820. The number of ketones is 1. The number of nitrogens with one attached hydrogen (secondary N) is 2. The van der Waals surface area contributed by atoms with Crippen LogP contribution in [-0.2, 0) is 11.3 Å². The molecule has 2 N–H and O–H groups in total. The van der Waals surface area contributed by atoms with E-state index >= 15 is 0 Å². The summed E-state index contributed by atoms with van der Waals surface area (Å²) in [5.41, 5.74) is 2.15. The molecule has 144 valence electrons. The predicted octanol–water partition coefficient (Wildman–Crippen LogP) is 1.95. The molecule has 0 aliphatic rings. The van der Waals surface area contributed by atoms with Crippen molar-refractivity contribution in [1.82, 2.24) is 0 Å². The number of ether oxygens (including phenoxy) is 2. The van der Waals surface area contributed by atoms with Crippen molar-refractivity contribution < 1.29 is 24.0 Å². The Hall–Kier alpha value is -2.86. The Morgan fingerprint density at radius 1 is 1.11 bits per heavy atom. The van der Waals surface area contributed by atoms with Crippen LogP contribution in [0.15, 0.2) is 42.5 Å². The van der Waals surface area contributed by atoms with Gasteiger partial charge in [0.05, 0.1) is 26.8 Å². The first-order chi connectivity index (χ1) is 12.9. The minimum atomic E-state index is -0.304. The van der Waals surface area contributed by atoms with E-state index in [1.54, 1.807) is 38.5 Å². The van der Waals surface area contributed by atoms with Gasteiger partial charge in [-0.15, -0.1) is 0 Å². The number of quaternary nitrogens is 1. The van der Waals surface area contributed by atoms with Gasteiger partial charge in [0, 0.05) is 11.3 Å². The van der Waals surface area contributed by atoms with Crippen LogP contribution in [0.3, 0.4) is 0 Å². The number of rotatable bonds is 8. The van der Waals surface area contributed by atoms with Crippen LogP contribution in [0.4, 0.5) is 5.69 Å². The molecule has 0 aliphatic carbocycles. The molecule has 1 amide bonds. The summed E-state index contributed by atoms with van der Waals surface area (Å²) in [6.07, 6.45) is 0. The van der Waals surface area contributed by atoms with Crippen molar-refractivity contribution >= 4 is 17.4 Å². The van der Waals surface area contributed by atoms with E-state index in [2.05, 4.69) is 5.32 Å². The average Bonchev–Trinajstić information content (AvgIpc) is 2.67. The minimum absolute atomic E-state index is 0.0352. The molecule has 0 fully saturated rings.